The van der Waals surface area contributed by atoms with Crippen LogP contribution in [-0.4, -0.2) is 33.9 Å². The van der Waals surface area contributed by atoms with Crippen LogP contribution in [0.1, 0.15) is 12.0 Å². The lowest BCUT2D eigenvalue weighted by molar-refractivity contribution is -0.119. The van der Waals surface area contributed by atoms with E-state index in [1.165, 1.54) is 4.68 Å². The lowest BCUT2D eigenvalue weighted by Crippen LogP contribution is -2.31. The van der Waals surface area contributed by atoms with Crippen LogP contribution in [0.4, 0.5) is 11.4 Å². The Morgan fingerprint density at radius 3 is 2.78 bits per heavy atom. The second-order valence-electron chi connectivity index (χ2n) is 6.51. The zero-order chi connectivity index (χ0) is 18.8. The quantitative estimate of drug-likeness (QED) is 0.774. The van der Waals surface area contributed by atoms with E-state index >= 15 is 0 Å². The molecule has 0 spiro atoms. The smallest absolute Gasteiger partial charge is 0.246 e. The summed E-state index contributed by atoms with van der Waals surface area (Å²) in [6.45, 7) is 0.0787. The van der Waals surface area contributed by atoms with Gasteiger partial charge in [0.25, 0.3) is 0 Å². The van der Waals surface area contributed by atoms with Gasteiger partial charge in [0, 0.05) is 30.4 Å². The predicted molar refractivity (Wildman–Crippen MR) is 102 cm³/mol. The lowest BCUT2D eigenvalue weighted by atomic mass is 10.0. The molecule has 136 valence electrons. The second kappa shape index (κ2) is 7.03. The SMILES string of the molecule is CN1C(=O)CCc2cc(NC(=O)Cn3cc(-c4ccccc4)nn3)ccc21. The number of carbonyl (C=O) groups is 2. The molecular formula is C20H19N5O2. The number of aromatic nitrogens is 3. The first-order valence-corrected chi connectivity index (χ1v) is 8.75. The third-order valence-corrected chi connectivity index (χ3v) is 4.62. The van der Waals surface area contributed by atoms with Crippen molar-refractivity contribution in [2.45, 2.75) is 19.4 Å². The van der Waals surface area contributed by atoms with Gasteiger partial charge < -0.3 is 10.2 Å². The van der Waals surface area contributed by atoms with Crippen LogP contribution in [0, 0.1) is 0 Å². The Morgan fingerprint density at radius 1 is 1.15 bits per heavy atom. The number of hydrogen-bond donors (Lipinski definition) is 1. The van der Waals surface area contributed by atoms with E-state index < -0.39 is 0 Å². The lowest BCUT2D eigenvalue weighted by Gasteiger charge is -2.26. The van der Waals surface area contributed by atoms with Gasteiger partial charge in [-0.15, -0.1) is 5.10 Å². The highest BCUT2D eigenvalue weighted by Gasteiger charge is 2.21. The topological polar surface area (TPSA) is 80.1 Å². The Labute approximate surface area is 156 Å². The maximum absolute atomic E-state index is 12.3. The molecule has 4 rings (SSSR count). The van der Waals surface area contributed by atoms with Crippen molar-refractivity contribution in [1.29, 1.82) is 0 Å². The Kier molecular flexibility index (Phi) is 4.42. The molecule has 0 fully saturated rings. The zero-order valence-corrected chi connectivity index (χ0v) is 14.9. The minimum Gasteiger partial charge on any atom is -0.324 e. The molecule has 2 aromatic carbocycles. The number of anilines is 2. The average Bonchev–Trinajstić information content (AvgIpc) is 3.14. The highest BCUT2D eigenvalue weighted by atomic mass is 16.2. The fourth-order valence-corrected chi connectivity index (χ4v) is 3.20. The van der Waals surface area contributed by atoms with E-state index in [4.69, 9.17) is 0 Å². The van der Waals surface area contributed by atoms with Crippen LogP contribution in [-0.2, 0) is 22.6 Å². The van der Waals surface area contributed by atoms with E-state index in [2.05, 4.69) is 15.6 Å². The number of nitrogens with zero attached hydrogens (tertiary/aromatic N) is 4. The highest BCUT2D eigenvalue weighted by Crippen LogP contribution is 2.29. The Balaban J connectivity index is 1.43. The van der Waals surface area contributed by atoms with Gasteiger partial charge in [0.15, 0.2) is 0 Å². The first kappa shape index (κ1) is 17.0. The molecule has 1 aliphatic heterocycles. The summed E-state index contributed by atoms with van der Waals surface area (Å²) < 4.78 is 1.52. The van der Waals surface area contributed by atoms with Gasteiger partial charge in [-0.25, -0.2) is 4.68 Å². The molecule has 0 bridgehead atoms. The standard InChI is InChI=1S/C20H19N5O2/c1-24-18-9-8-16(11-15(18)7-10-20(24)27)21-19(26)13-25-12-17(22-23-25)14-5-3-2-4-6-14/h2-6,8-9,11-12H,7,10,13H2,1H3,(H,21,26). The van der Waals surface area contributed by atoms with Crippen molar-refractivity contribution in [1.82, 2.24) is 15.0 Å². The van der Waals surface area contributed by atoms with E-state index in [9.17, 15) is 9.59 Å². The van der Waals surface area contributed by atoms with E-state index in [1.54, 1.807) is 18.1 Å². The first-order valence-electron chi connectivity index (χ1n) is 8.75. The monoisotopic (exact) mass is 361 g/mol. The van der Waals surface area contributed by atoms with E-state index in [0.29, 0.717) is 18.5 Å². The van der Waals surface area contributed by atoms with Crippen molar-refractivity contribution in [2.24, 2.45) is 0 Å². The van der Waals surface area contributed by atoms with Crippen LogP contribution in [0.5, 0.6) is 0 Å². The number of amides is 2. The molecular weight excluding hydrogens is 342 g/mol. The number of benzene rings is 2. The van der Waals surface area contributed by atoms with Crippen LogP contribution in [0.25, 0.3) is 11.3 Å². The largest absolute Gasteiger partial charge is 0.324 e. The molecule has 1 aliphatic rings. The number of hydrogen-bond acceptors (Lipinski definition) is 4. The molecule has 0 aliphatic carbocycles. The maximum atomic E-state index is 12.3. The molecule has 1 aromatic heterocycles. The van der Waals surface area contributed by atoms with Gasteiger partial charge in [-0.05, 0) is 30.2 Å². The van der Waals surface area contributed by atoms with Crippen LogP contribution in [0.2, 0.25) is 0 Å². The molecule has 1 N–H and O–H groups in total. The van der Waals surface area contributed by atoms with Gasteiger partial charge in [0.1, 0.15) is 12.2 Å². The zero-order valence-electron chi connectivity index (χ0n) is 14.9. The van der Waals surface area contributed by atoms with E-state index in [1.807, 2.05) is 48.5 Å². The molecule has 2 amide bonds. The van der Waals surface area contributed by atoms with E-state index in [-0.39, 0.29) is 18.4 Å². The minimum absolute atomic E-state index is 0.0787. The summed E-state index contributed by atoms with van der Waals surface area (Å²) in [4.78, 5) is 25.8. The molecule has 0 radical (unpaired) electrons. The van der Waals surface area contributed by atoms with Crippen LogP contribution >= 0.6 is 0 Å². The number of rotatable bonds is 4. The fourth-order valence-electron chi connectivity index (χ4n) is 3.20. The first-order chi connectivity index (χ1) is 13.1. The van der Waals surface area contributed by atoms with Crippen molar-refractivity contribution < 1.29 is 9.59 Å². The van der Waals surface area contributed by atoms with Crippen molar-refractivity contribution in [2.75, 3.05) is 17.3 Å². The average molecular weight is 361 g/mol. The van der Waals surface area contributed by atoms with Crippen LogP contribution in [0.3, 0.4) is 0 Å². The summed E-state index contributed by atoms with van der Waals surface area (Å²) in [6, 6.07) is 15.3. The molecule has 7 nitrogen and oxygen atoms in total. The summed E-state index contributed by atoms with van der Waals surface area (Å²) >= 11 is 0. The highest BCUT2D eigenvalue weighted by molar-refractivity contribution is 5.97. The van der Waals surface area contributed by atoms with Gasteiger partial charge in [-0.2, -0.15) is 0 Å². The van der Waals surface area contributed by atoms with Crippen LogP contribution in [0.15, 0.2) is 54.7 Å². The summed E-state index contributed by atoms with van der Waals surface area (Å²) in [5.74, 6) is -0.0700. The molecule has 0 saturated heterocycles. The van der Waals surface area contributed by atoms with E-state index in [0.717, 1.165) is 22.5 Å². The Morgan fingerprint density at radius 2 is 1.96 bits per heavy atom. The van der Waals surface area contributed by atoms with Crippen molar-refractivity contribution in [3.63, 3.8) is 0 Å². The maximum Gasteiger partial charge on any atom is 0.246 e. The summed E-state index contributed by atoms with van der Waals surface area (Å²) in [7, 11) is 1.77. The molecule has 7 heteroatoms. The van der Waals surface area contributed by atoms with Gasteiger partial charge >= 0.3 is 0 Å². The second-order valence-corrected chi connectivity index (χ2v) is 6.51. The number of carbonyl (C=O) groups excluding carboxylic acids is 2. The third-order valence-electron chi connectivity index (χ3n) is 4.62. The normalized spacial score (nSPS) is 13.4. The minimum atomic E-state index is -0.181. The summed E-state index contributed by atoms with van der Waals surface area (Å²) in [6.07, 6.45) is 2.93. The number of fused-ring (bicyclic) bond motifs is 1. The van der Waals surface area contributed by atoms with Gasteiger partial charge in [-0.1, -0.05) is 35.5 Å². The van der Waals surface area contributed by atoms with Crippen LogP contribution < -0.4 is 10.2 Å². The molecule has 0 atom stereocenters. The fraction of sp³-hybridized carbons (Fsp3) is 0.200. The molecule has 27 heavy (non-hydrogen) atoms. The number of nitrogens with one attached hydrogen (secondary N) is 1. The Bertz CT molecular complexity index is 997. The molecule has 2 heterocycles. The van der Waals surface area contributed by atoms with Crippen molar-refractivity contribution >= 4 is 23.2 Å². The summed E-state index contributed by atoms with van der Waals surface area (Å²) in [5, 5.41) is 11.0. The van der Waals surface area contributed by atoms with Gasteiger partial charge in [-0.3, -0.25) is 9.59 Å². The molecule has 0 saturated carbocycles. The predicted octanol–water partition coefficient (Wildman–Crippen LogP) is 2.49. The van der Waals surface area contributed by atoms with Crippen molar-refractivity contribution in [3.05, 3.63) is 60.3 Å². The summed E-state index contributed by atoms with van der Waals surface area (Å²) in [5.41, 5.74) is 4.35. The van der Waals surface area contributed by atoms with Crippen molar-refractivity contribution in [3.8, 4) is 11.3 Å². The number of aryl methyl sites for hydroxylation is 1. The van der Waals surface area contributed by atoms with Gasteiger partial charge in [0.2, 0.25) is 11.8 Å². The van der Waals surface area contributed by atoms with Gasteiger partial charge in [0.05, 0.1) is 6.20 Å². The molecule has 0 unspecified atom stereocenters. The molecule has 3 aromatic rings. The third kappa shape index (κ3) is 3.57. The Hall–Kier alpha value is -3.48.